The first-order valence-corrected chi connectivity index (χ1v) is 11.9. The molecule has 0 aliphatic heterocycles. The van der Waals surface area contributed by atoms with Crippen molar-refractivity contribution in [3.05, 3.63) is 65.2 Å². The summed E-state index contributed by atoms with van der Waals surface area (Å²) < 4.78 is 0. The van der Waals surface area contributed by atoms with Crippen LogP contribution in [0.5, 0.6) is 0 Å². The van der Waals surface area contributed by atoms with Gasteiger partial charge in [0, 0.05) is 34.7 Å². The third kappa shape index (κ3) is 6.78. The SMILES string of the molecule is C[C@H](C(=O)NC1CCCC1)N(Cc1cccc(Cl)c1)C(=O)CCSc1ccccc1. The zero-order chi connectivity index (χ0) is 21.3. The second kappa shape index (κ2) is 11.4. The molecule has 0 unspecified atom stereocenters. The lowest BCUT2D eigenvalue weighted by molar-refractivity contribution is -0.140. The van der Waals surface area contributed by atoms with Gasteiger partial charge in [-0.05, 0) is 49.6 Å². The van der Waals surface area contributed by atoms with E-state index in [1.165, 1.54) is 0 Å². The second-order valence-electron chi connectivity index (χ2n) is 7.73. The van der Waals surface area contributed by atoms with Gasteiger partial charge in [-0.15, -0.1) is 11.8 Å². The molecule has 1 saturated carbocycles. The van der Waals surface area contributed by atoms with Crippen LogP contribution in [0.25, 0.3) is 0 Å². The maximum absolute atomic E-state index is 13.1. The van der Waals surface area contributed by atoms with E-state index < -0.39 is 6.04 Å². The predicted molar refractivity (Wildman–Crippen MR) is 124 cm³/mol. The molecule has 0 radical (unpaired) electrons. The van der Waals surface area contributed by atoms with Crippen LogP contribution in [0, 0.1) is 0 Å². The quantitative estimate of drug-likeness (QED) is 0.534. The van der Waals surface area contributed by atoms with E-state index in [-0.39, 0.29) is 17.9 Å². The van der Waals surface area contributed by atoms with E-state index >= 15 is 0 Å². The number of benzene rings is 2. The lowest BCUT2D eigenvalue weighted by Crippen LogP contribution is -2.49. The molecule has 2 amide bonds. The van der Waals surface area contributed by atoms with Crippen LogP contribution < -0.4 is 5.32 Å². The average molecular weight is 445 g/mol. The number of rotatable bonds is 9. The third-order valence-corrected chi connectivity index (χ3v) is 6.69. The smallest absolute Gasteiger partial charge is 0.242 e. The zero-order valence-corrected chi connectivity index (χ0v) is 18.9. The summed E-state index contributed by atoms with van der Waals surface area (Å²) in [6.07, 6.45) is 4.73. The molecule has 2 aromatic rings. The first-order chi connectivity index (χ1) is 14.5. The van der Waals surface area contributed by atoms with Crippen molar-refractivity contribution < 1.29 is 9.59 Å². The Morgan fingerprint density at radius 1 is 1.13 bits per heavy atom. The van der Waals surface area contributed by atoms with Gasteiger partial charge in [0.1, 0.15) is 6.04 Å². The molecule has 3 rings (SSSR count). The molecule has 6 heteroatoms. The molecule has 0 aromatic heterocycles. The molecule has 1 atom stereocenters. The molecule has 1 fully saturated rings. The van der Waals surface area contributed by atoms with Crippen molar-refractivity contribution in [1.29, 1.82) is 0 Å². The van der Waals surface area contributed by atoms with Crippen molar-refractivity contribution in [2.24, 2.45) is 0 Å². The molecule has 160 valence electrons. The standard InChI is InChI=1S/C24H29ClN2O2S/c1-18(24(29)26-21-10-5-6-11-21)27(17-19-8-7-9-20(25)16-19)23(28)14-15-30-22-12-3-2-4-13-22/h2-4,7-9,12-13,16,18,21H,5-6,10-11,14-15,17H2,1H3,(H,26,29)/t18-/m1/s1. The molecule has 0 saturated heterocycles. The molecule has 30 heavy (non-hydrogen) atoms. The van der Waals surface area contributed by atoms with Gasteiger partial charge < -0.3 is 10.2 Å². The lowest BCUT2D eigenvalue weighted by Gasteiger charge is -2.30. The predicted octanol–water partition coefficient (Wildman–Crippen LogP) is 5.30. The summed E-state index contributed by atoms with van der Waals surface area (Å²) in [6, 6.07) is 17.2. The van der Waals surface area contributed by atoms with Gasteiger partial charge in [0.05, 0.1) is 0 Å². The highest BCUT2D eigenvalue weighted by Gasteiger charge is 2.28. The minimum absolute atomic E-state index is 0.0209. The van der Waals surface area contributed by atoms with Crippen LogP contribution in [-0.2, 0) is 16.1 Å². The van der Waals surface area contributed by atoms with E-state index in [1.807, 2.05) is 61.5 Å². The van der Waals surface area contributed by atoms with Gasteiger partial charge in [-0.1, -0.05) is 54.8 Å². The fraction of sp³-hybridized carbons (Fsp3) is 0.417. The van der Waals surface area contributed by atoms with Crippen molar-refractivity contribution >= 4 is 35.2 Å². The summed E-state index contributed by atoms with van der Waals surface area (Å²) in [7, 11) is 0. The highest BCUT2D eigenvalue weighted by atomic mass is 35.5. The van der Waals surface area contributed by atoms with E-state index in [9.17, 15) is 9.59 Å². The van der Waals surface area contributed by atoms with Crippen molar-refractivity contribution in [2.75, 3.05) is 5.75 Å². The van der Waals surface area contributed by atoms with Crippen LogP contribution in [0.4, 0.5) is 0 Å². The second-order valence-corrected chi connectivity index (χ2v) is 9.33. The maximum atomic E-state index is 13.1. The van der Waals surface area contributed by atoms with Gasteiger partial charge in [0.15, 0.2) is 0 Å². The Labute approximate surface area is 188 Å². The number of nitrogens with one attached hydrogen (secondary N) is 1. The van der Waals surface area contributed by atoms with Gasteiger partial charge in [-0.3, -0.25) is 9.59 Å². The fourth-order valence-corrected chi connectivity index (χ4v) is 4.80. The normalized spacial score (nSPS) is 15.0. The monoisotopic (exact) mass is 444 g/mol. The third-order valence-electron chi connectivity index (χ3n) is 5.44. The van der Waals surface area contributed by atoms with E-state index in [4.69, 9.17) is 11.6 Å². The summed E-state index contributed by atoms with van der Waals surface area (Å²) in [5.74, 6) is 0.576. The van der Waals surface area contributed by atoms with E-state index in [0.29, 0.717) is 23.7 Å². The Morgan fingerprint density at radius 2 is 1.87 bits per heavy atom. The highest BCUT2D eigenvalue weighted by Crippen LogP contribution is 2.21. The first kappa shape index (κ1) is 22.7. The van der Waals surface area contributed by atoms with Gasteiger partial charge >= 0.3 is 0 Å². The van der Waals surface area contributed by atoms with Crippen LogP contribution in [0.1, 0.15) is 44.6 Å². The van der Waals surface area contributed by atoms with Gasteiger partial charge in [0.2, 0.25) is 11.8 Å². The summed E-state index contributed by atoms with van der Waals surface area (Å²) in [4.78, 5) is 28.8. The molecule has 0 bridgehead atoms. The fourth-order valence-electron chi connectivity index (χ4n) is 3.72. The van der Waals surface area contributed by atoms with Gasteiger partial charge in [-0.2, -0.15) is 0 Å². The maximum Gasteiger partial charge on any atom is 0.242 e. The van der Waals surface area contributed by atoms with Gasteiger partial charge in [0.25, 0.3) is 0 Å². The minimum atomic E-state index is -0.529. The molecule has 1 N–H and O–H groups in total. The number of hydrogen-bond donors (Lipinski definition) is 1. The minimum Gasteiger partial charge on any atom is -0.352 e. The van der Waals surface area contributed by atoms with Crippen LogP contribution in [-0.4, -0.2) is 34.6 Å². The van der Waals surface area contributed by atoms with E-state index in [2.05, 4.69) is 5.32 Å². The van der Waals surface area contributed by atoms with Crippen LogP contribution >= 0.6 is 23.4 Å². The summed E-state index contributed by atoms with van der Waals surface area (Å²) in [5.41, 5.74) is 0.923. The lowest BCUT2D eigenvalue weighted by atomic mass is 10.1. The summed E-state index contributed by atoms with van der Waals surface area (Å²) >= 11 is 7.78. The van der Waals surface area contributed by atoms with Crippen molar-refractivity contribution in [3.8, 4) is 0 Å². The molecule has 2 aromatic carbocycles. The Bertz CT molecular complexity index is 840. The number of thioether (sulfide) groups is 1. The number of nitrogens with zero attached hydrogens (tertiary/aromatic N) is 1. The number of amides is 2. The van der Waals surface area contributed by atoms with Crippen LogP contribution in [0.2, 0.25) is 5.02 Å². The Hall–Kier alpha value is -1.98. The molecule has 1 aliphatic carbocycles. The molecule has 1 aliphatic rings. The molecule has 4 nitrogen and oxygen atoms in total. The first-order valence-electron chi connectivity index (χ1n) is 10.5. The highest BCUT2D eigenvalue weighted by molar-refractivity contribution is 7.99. The Balaban J connectivity index is 1.65. The van der Waals surface area contributed by atoms with Crippen molar-refractivity contribution in [1.82, 2.24) is 10.2 Å². The summed E-state index contributed by atoms with van der Waals surface area (Å²) in [5, 5.41) is 3.76. The molecular weight excluding hydrogens is 416 g/mol. The largest absolute Gasteiger partial charge is 0.352 e. The van der Waals surface area contributed by atoms with E-state index in [1.54, 1.807) is 16.7 Å². The topological polar surface area (TPSA) is 49.4 Å². The molecular formula is C24H29ClN2O2S. The Morgan fingerprint density at radius 3 is 2.57 bits per heavy atom. The Kier molecular flexibility index (Phi) is 8.64. The number of halogens is 1. The van der Waals surface area contributed by atoms with Gasteiger partial charge in [-0.25, -0.2) is 0 Å². The van der Waals surface area contributed by atoms with Crippen LogP contribution in [0.15, 0.2) is 59.5 Å². The van der Waals surface area contributed by atoms with E-state index in [0.717, 1.165) is 36.1 Å². The summed E-state index contributed by atoms with van der Waals surface area (Å²) in [6.45, 7) is 2.19. The van der Waals surface area contributed by atoms with Crippen molar-refractivity contribution in [2.45, 2.75) is 62.6 Å². The van der Waals surface area contributed by atoms with Crippen molar-refractivity contribution in [3.63, 3.8) is 0 Å². The molecule has 0 heterocycles. The number of carbonyl (C=O) groups is 2. The molecule has 0 spiro atoms. The average Bonchev–Trinajstić information content (AvgIpc) is 3.25. The zero-order valence-electron chi connectivity index (χ0n) is 17.4. The van der Waals surface area contributed by atoms with Crippen LogP contribution in [0.3, 0.4) is 0 Å². The number of hydrogen-bond acceptors (Lipinski definition) is 3. The number of carbonyl (C=O) groups excluding carboxylic acids is 2.